The molecule has 2 aromatic heterocycles. The Morgan fingerprint density at radius 1 is 1.08 bits per heavy atom. The van der Waals surface area contributed by atoms with Crippen LogP contribution < -0.4 is 0 Å². The highest BCUT2D eigenvalue weighted by Crippen LogP contribution is 2.30. The van der Waals surface area contributed by atoms with Gasteiger partial charge in [-0.05, 0) is 50.8 Å². The molecule has 0 aromatic carbocycles. The van der Waals surface area contributed by atoms with Crippen molar-refractivity contribution in [1.82, 2.24) is 14.8 Å². The molecule has 2 bridgehead atoms. The maximum atomic E-state index is 13.1. The van der Waals surface area contributed by atoms with E-state index in [0.717, 1.165) is 18.6 Å². The van der Waals surface area contributed by atoms with Crippen LogP contribution in [-0.4, -0.2) is 52.3 Å². The average Bonchev–Trinajstić information content (AvgIpc) is 2.82. The van der Waals surface area contributed by atoms with Gasteiger partial charge >= 0.3 is 0 Å². The molecule has 3 aliphatic heterocycles. The summed E-state index contributed by atoms with van der Waals surface area (Å²) in [7, 11) is 0. The molecule has 3 aliphatic rings. The van der Waals surface area contributed by atoms with Crippen LogP contribution in [0.5, 0.6) is 0 Å². The van der Waals surface area contributed by atoms with E-state index in [1.54, 1.807) is 24.5 Å². The van der Waals surface area contributed by atoms with Crippen LogP contribution in [0, 0.1) is 19.8 Å². The van der Waals surface area contributed by atoms with Gasteiger partial charge in [0.25, 0.3) is 11.8 Å². The second-order valence-corrected chi connectivity index (χ2v) is 7.33. The van der Waals surface area contributed by atoms with Crippen LogP contribution in [0.3, 0.4) is 0 Å². The Hall–Kier alpha value is -2.63. The topological polar surface area (TPSA) is 66.7 Å². The van der Waals surface area contributed by atoms with E-state index in [9.17, 15) is 9.59 Å². The van der Waals surface area contributed by atoms with Crippen LogP contribution in [0.2, 0.25) is 0 Å². The summed E-state index contributed by atoms with van der Waals surface area (Å²) >= 11 is 0. The number of hydrogen-bond donors (Lipinski definition) is 0. The molecule has 6 heteroatoms. The number of carbonyl (C=O) groups is 2. The molecule has 0 radical (unpaired) electrons. The first-order valence-corrected chi connectivity index (χ1v) is 9.10. The monoisotopic (exact) mass is 353 g/mol. The van der Waals surface area contributed by atoms with Crippen molar-refractivity contribution in [3.8, 4) is 0 Å². The van der Waals surface area contributed by atoms with Gasteiger partial charge in [0.2, 0.25) is 0 Å². The van der Waals surface area contributed by atoms with Gasteiger partial charge in [0.15, 0.2) is 0 Å². The van der Waals surface area contributed by atoms with Gasteiger partial charge in [-0.15, -0.1) is 0 Å². The van der Waals surface area contributed by atoms with E-state index >= 15 is 0 Å². The fourth-order valence-electron chi connectivity index (χ4n) is 4.17. The number of furan rings is 1. The summed E-state index contributed by atoms with van der Waals surface area (Å²) in [5.74, 6) is 1.77. The Bertz CT molecular complexity index is 830. The van der Waals surface area contributed by atoms with Gasteiger partial charge in [-0.1, -0.05) is 0 Å². The number of fused-ring (bicyclic) bond motifs is 4. The van der Waals surface area contributed by atoms with Crippen LogP contribution in [0.25, 0.3) is 0 Å². The number of hydrogen-bond acceptors (Lipinski definition) is 4. The molecule has 0 unspecified atom stereocenters. The van der Waals surface area contributed by atoms with Crippen molar-refractivity contribution in [2.45, 2.75) is 32.7 Å². The van der Waals surface area contributed by atoms with Crippen LogP contribution in [0.4, 0.5) is 0 Å². The number of rotatable bonds is 2. The number of aryl methyl sites for hydroxylation is 2. The molecule has 6 nitrogen and oxygen atoms in total. The van der Waals surface area contributed by atoms with Crippen molar-refractivity contribution in [3.63, 3.8) is 0 Å². The van der Waals surface area contributed by atoms with Gasteiger partial charge in [-0.2, -0.15) is 0 Å². The molecular formula is C20H23N3O3. The minimum atomic E-state index is 0.0206. The van der Waals surface area contributed by atoms with Crippen LogP contribution in [-0.2, 0) is 0 Å². The first-order chi connectivity index (χ1) is 12.5. The summed E-state index contributed by atoms with van der Waals surface area (Å²) in [5, 5.41) is 0. The van der Waals surface area contributed by atoms with Crippen molar-refractivity contribution in [2.75, 3.05) is 19.6 Å². The molecule has 3 saturated heterocycles. The number of carbonyl (C=O) groups excluding carboxylic acids is 2. The third kappa shape index (κ3) is 3.00. The molecule has 3 fully saturated rings. The third-order valence-corrected chi connectivity index (χ3v) is 5.46. The Labute approximate surface area is 152 Å². The quantitative estimate of drug-likeness (QED) is 0.832. The molecule has 2 amide bonds. The molecule has 2 atom stereocenters. The molecule has 5 heterocycles. The van der Waals surface area contributed by atoms with Gasteiger partial charge < -0.3 is 14.2 Å². The predicted octanol–water partition coefficient (Wildman–Crippen LogP) is 2.67. The van der Waals surface area contributed by atoms with Crippen molar-refractivity contribution in [1.29, 1.82) is 0 Å². The molecule has 136 valence electrons. The first kappa shape index (κ1) is 16.8. The predicted molar refractivity (Wildman–Crippen MR) is 95.9 cm³/mol. The maximum Gasteiger partial charge on any atom is 0.257 e. The van der Waals surface area contributed by atoms with Crippen molar-refractivity contribution >= 4 is 11.8 Å². The number of amides is 2. The lowest BCUT2D eigenvalue weighted by Crippen LogP contribution is -2.47. The molecular weight excluding hydrogens is 330 g/mol. The lowest BCUT2D eigenvalue weighted by Gasteiger charge is -2.36. The van der Waals surface area contributed by atoms with Crippen molar-refractivity contribution in [2.24, 2.45) is 5.92 Å². The van der Waals surface area contributed by atoms with Gasteiger partial charge in [0, 0.05) is 43.6 Å². The Morgan fingerprint density at radius 3 is 2.54 bits per heavy atom. The smallest absolute Gasteiger partial charge is 0.257 e. The average molecular weight is 353 g/mol. The molecule has 0 aliphatic carbocycles. The lowest BCUT2D eigenvalue weighted by molar-refractivity contribution is 0.0572. The Kier molecular flexibility index (Phi) is 4.26. The van der Waals surface area contributed by atoms with E-state index in [-0.39, 0.29) is 17.9 Å². The summed E-state index contributed by atoms with van der Waals surface area (Å²) in [4.78, 5) is 33.8. The number of aromatic nitrogens is 1. The fraction of sp³-hybridized carbons (Fsp3) is 0.450. The second-order valence-electron chi connectivity index (χ2n) is 7.33. The molecule has 0 saturated carbocycles. The van der Waals surface area contributed by atoms with Crippen LogP contribution in [0.15, 0.2) is 35.0 Å². The normalized spacial score (nSPS) is 22.4. The van der Waals surface area contributed by atoms with Gasteiger partial charge in [-0.3, -0.25) is 14.6 Å². The number of piperidine rings is 1. The fourth-order valence-corrected chi connectivity index (χ4v) is 4.17. The van der Waals surface area contributed by atoms with Crippen LogP contribution in [0.1, 0.15) is 45.1 Å². The summed E-state index contributed by atoms with van der Waals surface area (Å²) in [6.07, 6.45) is 5.27. The zero-order valence-corrected chi connectivity index (χ0v) is 15.1. The highest BCUT2D eigenvalue weighted by Gasteiger charge is 2.39. The standard InChI is InChI=1S/C20H23N3O3/c1-13-9-18(14(2)26-13)20(25)23-11-15-3-4-17(23)12-22(10-15)19(24)16-5-7-21-8-6-16/h5-9,15,17H,3-4,10-12H2,1-2H3/t15-,17+/m0/s1. The summed E-state index contributed by atoms with van der Waals surface area (Å²) < 4.78 is 5.54. The molecule has 2 aromatic rings. The number of nitrogens with zero attached hydrogens (tertiary/aromatic N) is 3. The highest BCUT2D eigenvalue weighted by atomic mass is 16.3. The highest BCUT2D eigenvalue weighted by molar-refractivity contribution is 5.96. The first-order valence-electron chi connectivity index (χ1n) is 9.10. The summed E-state index contributed by atoms with van der Waals surface area (Å²) in [6, 6.07) is 5.36. The van der Waals surface area contributed by atoms with E-state index in [1.165, 1.54) is 0 Å². The molecule has 26 heavy (non-hydrogen) atoms. The zero-order chi connectivity index (χ0) is 18.3. The van der Waals surface area contributed by atoms with E-state index in [4.69, 9.17) is 4.42 Å². The largest absolute Gasteiger partial charge is 0.466 e. The van der Waals surface area contributed by atoms with Crippen molar-refractivity contribution in [3.05, 3.63) is 53.2 Å². The SMILES string of the molecule is Cc1cc(C(=O)N2C[C@H]3CC[C@@H]2CN(C(=O)c2ccncc2)C3)c(C)o1. The van der Waals surface area contributed by atoms with Gasteiger partial charge in [0.05, 0.1) is 5.56 Å². The van der Waals surface area contributed by atoms with Crippen molar-refractivity contribution < 1.29 is 14.0 Å². The zero-order valence-electron chi connectivity index (χ0n) is 15.1. The van der Waals surface area contributed by atoms with E-state index in [0.29, 0.717) is 42.4 Å². The summed E-state index contributed by atoms with van der Waals surface area (Å²) in [6.45, 7) is 5.67. The number of pyridine rings is 1. The minimum absolute atomic E-state index is 0.0206. The maximum absolute atomic E-state index is 13.1. The Balaban J connectivity index is 1.56. The van der Waals surface area contributed by atoms with E-state index in [1.807, 2.05) is 29.7 Å². The van der Waals surface area contributed by atoms with Gasteiger partial charge in [-0.25, -0.2) is 0 Å². The van der Waals surface area contributed by atoms with E-state index in [2.05, 4.69) is 4.98 Å². The molecule has 5 rings (SSSR count). The van der Waals surface area contributed by atoms with E-state index < -0.39 is 0 Å². The van der Waals surface area contributed by atoms with Crippen LogP contribution >= 0.6 is 0 Å². The van der Waals surface area contributed by atoms with Gasteiger partial charge in [0.1, 0.15) is 11.5 Å². The third-order valence-electron chi connectivity index (χ3n) is 5.46. The Morgan fingerprint density at radius 2 is 1.85 bits per heavy atom. The lowest BCUT2D eigenvalue weighted by atomic mass is 9.94. The molecule has 0 N–H and O–H groups in total. The molecule has 0 spiro atoms. The summed E-state index contributed by atoms with van der Waals surface area (Å²) in [5.41, 5.74) is 1.29. The minimum Gasteiger partial charge on any atom is -0.466 e. The second kappa shape index (κ2) is 6.59.